The molecule has 3 rings (SSSR count). The molecule has 0 unspecified atom stereocenters. The van der Waals surface area contributed by atoms with Gasteiger partial charge in [0.15, 0.2) is 11.6 Å². The highest BCUT2D eigenvalue weighted by molar-refractivity contribution is 6.30. The van der Waals surface area contributed by atoms with Gasteiger partial charge in [0.2, 0.25) is 0 Å². The van der Waals surface area contributed by atoms with Crippen LogP contribution in [0, 0.1) is 5.82 Å². The number of halogens is 2. The molecule has 0 fully saturated rings. The van der Waals surface area contributed by atoms with Gasteiger partial charge in [-0.3, -0.25) is 14.2 Å². The maximum Gasteiger partial charge on any atom is 0.333 e. The van der Waals surface area contributed by atoms with Gasteiger partial charge in [0.05, 0.1) is 19.8 Å². The van der Waals surface area contributed by atoms with Crippen molar-refractivity contribution in [1.82, 2.24) is 9.13 Å². The lowest BCUT2D eigenvalue weighted by Crippen LogP contribution is -2.42. The first kappa shape index (κ1) is 24.1. The number of anilines is 2. The zero-order chi connectivity index (χ0) is 24.1. The normalized spacial score (nSPS) is 10.8. The average molecular weight is 476 g/mol. The molecule has 33 heavy (non-hydrogen) atoms. The van der Waals surface area contributed by atoms with Crippen LogP contribution in [0.1, 0.15) is 19.4 Å². The largest absolute Gasteiger partial charge is 0.488 e. The summed E-state index contributed by atoms with van der Waals surface area (Å²) >= 11 is 5.94. The third-order valence-corrected chi connectivity index (χ3v) is 4.87. The summed E-state index contributed by atoms with van der Waals surface area (Å²) in [5, 5.41) is 3.44. The van der Waals surface area contributed by atoms with E-state index < -0.39 is 29.6 Å². The zero-order valence-corrected chi connectivity index (χ0v) is 19.1. The molecule has 1 aromatic heterocycles. The van der Waals surface area contributed by atoms with Crippen molar-refractivity contribution in [1.29, 1.82) is 0 Å². The first-order valence-electron chi connectivity index (χ1n) is 10.1. The van der Waals surface area contributed by atoms with Crippen LogP contribution in [-0.4, -0.2) is 28.3 Å². The number of nitrogens with one attached hydrogen (secondary N) is 1. The number of methoxy groups -OCH3 is 1. The number of nitrogens with zero attached hydrogens (tertiary/aromatic N) is 2. The van der Waals surface area contributed by atoms with Crippen molar-refractivity contribution in [3.8, 4) is 5.75 Å². The van der Waals surface area contributed by atoms with Crippen LogP contribution in [-0.2, 0) is 22.6 Å². The molecule has 0 aliphatic carbocycles. The van der Waals surface area contributed by atoms with Crippen molar-refractivity contribution in [2.75, 3.05) is 12.4 Å². The van der Waals surface area contributed by atoms with E-state index in [1.807, 2.05) is 0 Å². The van der Waals surface area contributed by atoms with Crippen LogP contribution in [0.3, 0.4) is 0 Å². The van der Waals surface area contributed by atoms with Gasteiger partial charge in [-0.25, -0.2) is 13.8 Å². The number of hydrogen-bond acceptors (Lipinski definition) is 6. The predicted molar refractivity (Wildman–Crippen MR) is 123 cm³/mol. The fourth-order valence-corrected chi connectivity index (χ4v) is 3.19. The van der Waals surface area contributed by atoms with Crippen LogP contribution in [0.15, 0.2) is 58.1 Å². The number of carbonyl (C=O) groups excluding carboxylic acids is 1. The lowest BCUT2D eigenvalue weighted by atomic mass is 10.2. The van der Waals surface area contributed by atoms with Gasteiger partial charge in [0.1, 0.15) is 12.4 Å². The Morgan fingerprint density at radius 1 is 1.09 bits per heavy atom. The number of carbonyl (C=O) groups is 1. The van der Waals surface area contributed by atoms with Crippen LogP contribution < -0.4 is 21.3 Å². The summed E-state index contributed by atoms with van der Waals surface area (Å²) in [4.78, 5) is 37.4. The van der Waals surface area contributed by atoms with Crippen LogP contribution in [0.25, 0.3) is 0 Å². The number of esters is 1. The summed E-state index contributed by atoms with van der Waals surface area (Å²) in [6.07, 6.45) is -0.203. The zero-order valence-electron chi connectivity index (χ0n) is 18.3. The van der Waals surface area contributed by atoms with Gasteiger partial charge in [-0.05, 0) is 43.7 Å². The van der Waals surface area contributed by atoms with Crippen LogP contribution in [0.4, 0.5) is 15.9 Å². The van der Waals surface area contributed by atoms with E-state index in [1.165, 1.54) is 16.7 Å². The van der Waals surface area contributed by atoms with E-state index in [0.29, 0.717) is 10.7 Å². The second-order valence-corrected chi connectivity index (χ2v) is 7.90. The smallest absolute Gasteiger partial charge is 0.333 e. The highest BCUT2D eigenvalue weighted by Gasteiger charge is 2.16. The quantitative estimate of drug-likeness (QED) is 0.501. The average Bonchev–Trinajstić information content (AvgIpc) is 2.76. The number of aromatic nitrogens is 2. The molecule has 174 valence electrons. The van der Waals surface area contributed by atoms with Crippen LogP contribution in [0.2, 0.25) is 5.02 Å². The first-order chi connectivity index (χ1) is 15.7. The van der Waals surface area contributed by atoms with Gasteiger partial charge in [0, 0.05) is 22.8 Å². The molecule has 0 radical (unpaired) electrons. The minimum Gasteiger partial charge on any atom is -0.488 e. The summed E-state index contributed by atoms with van der Waals surface area (Å²) in [7, 11) is 1.16. The molecule has 0 atom stereocenters. The molecule has 0 spiro atoms. The Morgan fingerprint density at radius 3 is 2.39 bits per heavy atom. The fourth-order valence-electron chi connectivity index (χ4n) is 3.06. The summed E-state index contributed by atoms with van der Waals surface area (Å²) < 4.78 is 26.5. The van der Waals surface area contributed by atoms with Gasteiger partial charge in [-0.1, -0.05) is 23.7 Å². The van der Waals surface area contributed by atoms with Gasteiger partial charge >= 0.3 is 11.7 Å². The van der Waals surface area contributed by atoms with Crippen molar-refractivity contribution in [3.63, 3.8) is 0 Å². The molecule has 0 amide bonds. The topological polar surface area (TPSA) is 91.6 Å². The molecule has 1 heterocycles. The summed E-state index contributed by atoms with van der Waals surface area (Å²) in [5.41, 5.74) is -0.413. The van der Waals surface area contributed by atoms with Crippen molar-refractivity contribution in [2.24, 2.45) is 0 Å². The van der Waals surface area contributed by atoms with E-state index in [0.717, 1.165) is 23.3 Å². The van der Waals surface area contributed by atoms with Crippen molar-refractivity contribution < 1.29 is 18.7 Å². The number of ether oxygens (including phenoxy) is 2. The van der Waals surface area contributed by atoms with Gasteiger partial charge in [-0.15, -0.1) is 0 Å². The third-order valence-electron chi connectivity index (χ3n) is 4.61. The Bertz CT molecular complexity index is 1270. The second kappa shape index (κ2) is 10.4. The molecule has 3 aromatic rings. The Labute approximate surface area is 194 Å². The Balaban J connectivity index is 2.04. The van der Waals surface area contributed by atoms with Crippen molar-refractivity contribution in [3.05, 3.63) is 85.8 Å². The minimum absolute atomic E-state index is 0.0663. The summed E-state index contributed by atoms with van der Waals surface area (Å²) in [6.45, 7) is 3.09. The number of hydrogen-bond donors (Lipinski definition) is 1. The molecule has 0 saturated heterocycles. The first-order valence-corrected chi connectivity index (χ1v) is 10.4. The van der Waals surface area contributed by atoms with Gasteiger partial charge in [-0.2, -0.15) is 0 Å². The molecular formula is C23H23ClFN3O5. The second-order valence-electron chi connectivity index (χ2n) is 7.46. The summed E-state index contributed by atoms with van der Waals surface area (Å²) in [6, 6.07) is 12.2. The van der Waals surface area contributed by atoms with Gasteiger partial charge < -0.3 is 14.8 Å². The molecule has 10 heteroatoms. The van der Waals surface area contributed by atoms with E-state index in [9.17, 15) is 18.8 Å². The van der Waals surface area contributed by atoms with Crippen LogP contribution >= 0.6 is 11.6 Å². The maximum atomic E-state index is 14.4. The molecule has 0 aliphatic rings. The lowest BCUT2D eigenvalue weighted by molar-refractivity contribution is -0.141. The Morgan fingerprint density at radius 2 is 1.79 bits per heavy atom. The molecule has 0 bridgehead atoms. The maximum absolute atomic E-state index is 14.4. The minimum atomic E-state index is -0.740. The highest BCUT2D eigenvalue weighted by Crippen LogP contribution is 2.24. The van der Waals surface area contributed by atoms with Crippen LogP contribution in [0.5, 0.6) is 5.75 Å². The SMILES string of the molecule is COC(=O)Cn1c(=O)cc(Nc2ccc(OC(C)C)c(F)c2)n(Cc2ccc(Cl)cc2)c1=O. The van der Waals surface area contributed by atoms with E-state index in [4.69, 9.17) is 16.3 Å². The molecule has 1 N–H and O–H groups in total. The summed E-state index contributed by atoms with van der Waals surface area (Å²) in [5.74, 6) is -1.13. The monoisotopic (exact) mass is 475 g/mol. The standard InChI is InChI=1S/C23H23ClFN3O5/c1-14(2)33-19-9-8-17(10-18(19)25)26-20-11-21(29)28(13-22(30)32-3)23(31)27(20)12-15-4-6-16(24)7-5-15/h4-11,14,26H,12-13H2,1-3H3. The molecule has 0 aliphatic heterocycles. The molecule has 2 aromatic carbocycles. The van der Waals surface area contributed by atoms with E-state index in [2.05, 4.69) is 10.1 Å². The molecule has 8 nitrogen and oxygen atoms in total. The highest BCUT2D eigenvalue weighted by atomic mass is 35.5. The van der Waals surface area contributed by atoms with Crippen molar-refractivity contribution >= 4 is 29.1 Å². The van der Waals surface area contributed by atoms with E-state index >= 15 is 0 Å². The van der Waals surface area contributed by atoms with Crippen molar-refractivity contribution in [2.45, 2.75) is 33.0 Å². The Kier molecular flexibility index (Phi) is 7.55. The van der Waals surface area contributed by atoms with E-state index in [1.54, 1.807) is 44.2 Å². The lowest BCUT2D eigenvalue weighted by Gasteiger charge is -2.17. The predicted octanol–water partition coefficient (Wildman–Crippen LogP) is 3.55. The molecule has 0 saturated carbocycles. The number of rotatable bonds is 8. The van der Waals surface area contributed by atoms with E-state index in [-0.39, 0.29) is 24.2 Å². The number of benzene rings is 2. The fraction of sp³-hybridized carbons (Fsp3) is 0.261. The van der Waals surface area contributed by atoms with Gasteiger partial charge in [0.25, 0.3) is 5.56 Å². The third kappa shape index (κ3) is 6.01. The molecular weight excluding hydrogens is 453 g/mol. The Hall–Kier alpha value is -3.59.